The van der Waals surface area contributed by atoms with E-state index < -0.39 is 0 Å². The second-order valence-corrected chi connectivity index (χ2v) is 9.41. The summed E-state index contributed by atoms with van der Waals surface area (Å²) in [5, 5.41) is 4.04. The number of hydrogen-bond donors (Lipinski definition) is 0. The van der Waals surface area contributed by atoms with Gasteiger partial charge >= 0.3 is 0 Å². The van der Waals surface area contributed by atoms with Crippen molar-refractivity contribution in [1.82, 2.24) is 19.9 Å². The van der Waals surface area contributed by atoms with Gasteiger partial charge in [-0.3, -0.25) is 9.59 Å². The zero-order valence-electron chi connectivity index (χ0n) is 17.7. The number of carbonyl (C=O) groups is 2. The van der Waals surface area contributed by atoms with Crippen LogP contribution in [0.15, 0.2) is 16.7 Å². The first-order valence-corrected chi connectivity index (χ1v) is 11.1. The standard InChI is InChI=1S/C21H30N4O3S/c1-14(2)12-20-22-19(23-28-20)9-11-25(16(4)26)17-6-5-10-24(13-17)21(27)18-8-7-15(3)29-18/h7-8,14,17H,5-6,9-13H2,1-4H3. The molecule has 3 heterocycles. The second kappa shape index (κ2) is 9.52. The van der Waals surface area contributed by atoms with Crippen LogP contribution in [0.4, 0.5) is 0 Å². The van der Waals surface area contributed by atoms with Crippen LogP contribution < -0.4 is 0 Å². The molecular weight excluding hydrogens is 388 g/mol. The smallest absolute Gasteiger partial charge is 0.263 e. The Kier molecular flexibility index (Phi) is 7.05. The highest BCUT2D eigenvalue weighted by Gasteiger charge is 2.30. The Hall–Kier alpha value is -2.22. The fraction of sp³-hybridized carbons (Fsp3) is 0.619. The fourth-order valence-corrected chi connectivity index (χ4v) is 4.58. The first-order valence-electron chi connectivity index (χ1n) is 10.3. The van der Waals surface area contributed by atoms with E-state index in [-0.39, 0.29) is 17.9 Å². The van der Waals surface area contributed by atoms with Crippen molar-refractivity contribution in [3.05, 3.63) is 33.6 Å². The molecule has 1 saturated heterocycles. The maximum Gasteiger partial charge on any atom is 0.263 e. The van der Waals surface area contributed by atoms with Crippen molar-refractivity contribution in [2.24, 2.45) is 5.92 Å². The lowest BCUT2D eigenvalue weighted by Crippen LogP contribution is -2.51. The third-order valence-corrected chi connectivity index (χ3v) is 6.14. The molecule has 3 rings (SSSR count). The molecule has 0 radical (unpaired) electrons. The molecule has 0 bridgehead atoms. The van der Waals surface area contributed by atoms with Crippen LogP contribution >= 0.6 is 11.3 Å². The van der Waals surface area contributed by atoms with E-state index in [1.807, 2.05) is 28.9 Å². The van der Waals surface area contributed by atoms with Gasteiger partial charge < -0.3 is 14.3 Å². The van der Waals surface area contributed by atoms with Gasteiger partial charge in [-0.2, -0.15) is 4.98 Å². The summed E-state index contributed by atoms with van der Waals surface area (Å²) in [6.07, 6.45) is 3.10. The summed E-state index contributed by atoms with van der Waals surface area (Å²) < 4.78 is 5.30. The summed E-state index contributed by atoms with van der Waals surface area (Å²) >= 11 is 1.52. The maximum atomic E-state index is 12.8. The third-order valence-electron chi connectivity index (χ3n) is 5.15. The first-order chi connectivity index (χ1) is 13.8. The Balaban J connectivity index is 1.61. The van der Waals surface area contributed by atoms with Crippen molar-refractivity contribution in [3.8, 4) is 0 Å². The quantitative estimate of drug-likeness (QED) is 0.689. The van der Waals surface area contributed by atoms with Crippen molar-refractivity contribution in [1.29, 1.82) is 0 Å². The molecule has 0 spiro atoms. The van der Waals surface area contributed by atoms with Crippen molar-refractivity contribution < 1.29 is 14.1 Å². The molecular formula is C21H30N4O3S. The minimum Gasteiger partial charge on any atom is -0.339 e. The minimum absolute atomic E-state index is 0.0159. The van der Waals surface area contributed by atoms with E-state index in [0.29, 0.717) is 37.1 Å². The van der Waals surface area contributed by atoms with Gasteiger partial charge in [0, 0.05) is 50.3 Å². The predicted molar refractivity (Wildman–Crippen MR) is 112 cm³/mol. The largest absolute Gasteiger partial charge is 0.339 e. The molecule has 7 nitrogen and oxygen atoms in total. The van der Waals surface area contributed by atoms with Crippen LogP contribution in [0.1, 0.15) is 59.9 Å². The number of piperidine rings is 1. The molecule has 1 unspecified atom stereocenters. The molecule has 29 heavy (non-hydrogen) atoms. The molecule has 1 aliphatic heterocycles. The molecule has 158 valence electrons. The lowest BCUT2D eigenvalue weighted by atomic mass is 10.0. The van der Waals surface area contributed by atoms with Gasteiger partial charge in [0.05, 0.1) is 4.88 Å². The maximum absolute atomic E-state index is 12.8. The van der Waals surface area contributed by atoms with Gasteiger partial charge in [0.25, 0.3) is 5.91 Å². The van der Waals surface area contributed by atoms with E-state index in [9.17, 15) is 9.59 Å². The predicted octanol–water partition coefficient (Wildman–Crippen LogP) is 3.33. The average molecular weight is 419 g/mol. The number of rotatable bonds is 7. The van der Waals surface area contributed by atoms with E-state index in [4.69, 9.17) is 4.52 Å². The van der Waals surface area contributed by atoms with Gasteiger partial charge in [0.2, 0.25) is 11.8 Å². The first kappa shape index (κ1) is 21.5. The Morgan fingerprint density at radius 1 is 1.38 bits per heavy atom. The molecule has 1 fully saturated rings. The Morgan fingerprint density at radius 2 is 2.17 bits per heavy atom. The average Bonchev–Trinajstić information content (AvgIpc) is 3.30. The van der Waals surface area contributed by atoms with E-state index in [1.54, 1.807) is 6.92 Å². The minimum atomic E-state index is 0.0159. The third kappa shape index (κ3) is 5.65. The van der Waals surface area contributed by atoms with Crippen LogP contribution in [0.3, 0.4) is 0 Å². The summed E-state index contributed by atoms with van der Waals surface area (Å²) in [5.41, 5.74) is 0. The molecule has 2 amide bonds. The lowest BCUT2D eigenvalue weighted by Gasteiger charge is -2.38. The monoisotopic (exact) mass is 418 g/mol. The second-order valence-electron chi connectivity index (χ2n) is 8.12. The summed E-state index contributed by atoms with van der Waals surface area (Å²) in [5.74, 6) is 1.81. The van der Waals surface area contributed by atoms with Gasteiger partial charge in [-0.15, -0.1) is 11.3 Å². The van der Waals surface area contributed by atoms with Crippen LogP contribution in [0, 0.1) is 12.8 Å². The summed E-state index contributed by atoms with van der Waals surface area (Å²) in [7, 11) is 0. The van der Waals surface area contributed by atoms with Gasteiger partial charge in [0.15, 0.2) is 5.82 Å². The number of likely N-dealkylation sites (tertiary alicyclic amines) is 1. The van der Waals surface area contributed by atoms with Gasteiger partial charge in [-0.1, -0.05) is 19.0 Å². The van der Waals surface area contributed by atoms with Crippen molar-refractivity contribution in [2.75, 3.05) is 19.6 Å². The highest BCUT2D eigenvalue weighted by molar-refractivity contribution is 7.13. The molecule has 0 saturated carbocycles. The van der Waals surface area contributed by atoms with Crippen LogP contribution in [0.5, 0.6) is 0 Å². The number of hydrogen-bond acceptors (Lipinski definition) is 6. The van der Waals surface area contributed by atoms with E-state index in [0.717, 1.165) is 35.6 Å². The molecule has 2 aromatic rings. The van der Waals surface area contributed by atoms with Gasteiger partial charge in [-0.05, 0) is 37.8 Å². The highest BCUT2D eigenvalue weighted by Crippen LogP contribution is 2.22. The van der Waals surface area contributed by atoms with E-state index in [2.05, 4.69) is 24.0 Å². The van der Waals surface area contributed by atoms with Crippen LogP contribution in [-0.4, -0.2) is 57.4 Å². The number of nitrogens with zero attached hydrogens (tertiary/aromatic N) is 4. The van der Waals surface area contributed by atoms with Crippen molar-refractivity contribution >= 4 is 23.2 Å². The summed E-state index contributed by atoms with van der Waals surface area (Å²) in [6, 6.07) is 3.88. The fourth-order valence-electron chi connectivity index (χ4n) is 3.74. The van der Waals surface area contributed by atoms with Crippen LogP contribution in [-0.2, 0) is 17.6 Å². The molecule has 8 heteroatoms. The van der Waals surface area contributed by atoms with Crippen molar-refractivity contribution in [2.45, 2.75) is 59.4 Å². The summed E-state index contributed by atoms with van der Waals surface area (Å²) in [6.45, 7) is 9.64. The zero-order chi connectivity index (χ0) is 21.0. The molecule has 0 N–H and O–H groups in total. The molecule has 0 aliphatic carbocycles. The topological polar surface area (TPSA) is 79.5 Å². The number of aryl methyl sites for hydroxylation is 1. The van der Waals surface area contributed by atoms with E-state index >= 15 is 0 Å². The van der Waals surface area contributed by atoms with Gasteiger partial charge in [-0.25, -0.2) is 0 Å². The number of thiophene rings is 1. The molecule has 2 aromatic heterocycles. The Morgan fingerprint density at radius 3 is 2.83 bits per heavy atom. The number of amides is 2. The Labute approximate surface area is 176 Å². The molecule has 1 atom stereocenters. The zero-order valence-corrected chi connectivity index (χ0v) is 18.5. The molecule has 1 aliphatic rings. The SMILES string of the molecule is CC(=O)N(CCc1noc(CC(C)C)n1)C1CCCN(C(=O)c2ccc(C)s2)C1. The highest BCUT2D eigenvalue weighted by atomic mass is 32.1. The van der Waals surface area contributed by atoms with Crippen LogP contribution in [0.25, 0.3) is 0 Å². The van der Waals surface area contributed by atoms with Crippen molar-refractivity contribution in [3.63, 3.8) is 0 Å². The normalized spacial score (nSPS) is 17.0. The summed E-state index contributed by atoms with van der Waals surface area (Å²) in [4.78, 5) is 35.2. The number of carbonyl (C=O) groups excluding carboxylic acids is 2. The van der Waals surface area contributed by atoms with E-state index in [1.165, 1.54) is 11.3 Å². The molecule has 0 aromatic carbocycles. The van der Waals surface area contributed by atoms with Crippen LogP contribution in [0.2, 0.25) is 0 Å². The Bertz CT molecular complexity index is 845. The number of aromatic nitrogens is 2. The van der Waals surface area contributed by atoms with Gasteiger partial charge in [0.1, 0.15) is 0 Å². The lowest BCUT2D eigenvalue weighted by molar-refractivity contribution is -0.132.